The molecule has 0 amide bonds. The summed E-state index contributed by atoms with van der Waals surface area (Å²) in [5, 5.41) is 0. The van der Waals surface area contributed by atoms with E-state index in [2.05, 4.69) is 32.1 Å². The summed E-state index contributed by atoms with van der Waals surface area (Å²) >= 11 is 0. The van der Waals surface area contributed by atoms with Crippen molar-refractivity contribution in [2.45, 2.75) is 20.3 Å². The number of hydrogen-bond donors (Lipinski definition) is 0. The third-order valence-electron chi connectivity index (χ3n) is 1.59. The van der Waals surface area contributed by atoms with Crippen LogP contribution in [0.1, 0.15) is 20.3 Å². The average Bonchev–Trinajstić information content (AvgIpc) is 2.35. The van der Waals surface area contributed by atoms with E-state index in [1.165, 1.54) is 6.92 Å². The lowest BCUT2D eigenvalue weighted by Gasteiger charge is -2.06. The third kappa shape index (κ3) is 7.96. The molecule has 0 saturated carbocycles. The fourth-order valence-corrected chi connectivity index (χ4v) is 1.23. The van der Waals surface area contributed by atoms with Gasteiger partial charge in [0.25, 0.3) is 0 Å². The van der Waals surface area contributed by atoms with Crippen molar-refractivity contribution in [2.24, 2.45) is 0 Å². The van der Waals surface area contributed by atoms with Crippen LogP contribution >= 0.6 is 0 Å². The predicted molar refractivity (Wildman–Crippen MR) is 64.8 cm³/mol. The van der Waals surface area contributed by atoms with Crippen molar-refractivity contribution in [3.8, 4) is 11.8 Å². The molecule has 0 N–H and O–H groups in total. The number of hydrogen-bond acceptors (Lipinski definition) is 7. The normalized spacial score (nSPS) is 10.0. The second kappa shape index (κ2) is 8.29. The van der Waals surface area contributed by atoms with Gasteiger partial charge in [0, 0.05) is 6.42 Å². The first-order valence-electron chi connectivity index (χ1n) is 5.14. The monoisotopic (exact) mass is 290 g/mol. The molecule has 0 aromatic rings. The zero-order chi connectivity index (χ0) is 14.9. The van der Waals surface area contributed by atoms with Crippen LogP contribution in [0.5, 0.6) is 0 Å². The molecule has 0 aromatic heterocycles. The molecule has 8 heteroatoms. The molecule has 0 fully saturated rings. The fourth-order valence-electron chi connectivity index (χ4n) is 0.714. The summed E-state index contributed by atoms with van der Waals surface area (Å²) in [5.74, 6) is 2.14. The maximum absolute atomic E-state index is 11.2. The van der Waals surface area contributed by atoms with Gasteiger partial charge < -0.3 is 9.47 Å². The maximum Gasteiger partial charge on any atom is 0.347 e. The molecule has 0 heterocycles. The molecule has 0 rings (SSSR count). The summed E-state index contributed by atoms with van der Waals surface area (Å²) in [7, 11) is -4.14. The van der Waals surface area contributed by atoms with Crippen LogP contribution in [-0.4, -0.2) is 33.1 Å². The standard InChI is InChI=1S/C11H14O7S/c1-4-6-9(3)11(13)17-8-19(14,15)18-7-16-10(12)5-2/h3,5,7-8H2,1-2H3. The molecule has 0 atom stereocenters. The van der Waals surface area contributed by atoms with E-state index in [0.717, 1.165) is 0 Å². The zero-order valence-corrected chi connectivity index (χ0v) is 11.4. The molecular formula is C11H14O7S. The Morgan fingerprint density at radius 2 is 1.89 bits per heavy atom. The molecular weight excluding hydrogens is 276 g/mol. The van der Waals surface area contributed by atoms with Gasteiger partial charge in [-0.15, -0.1) is 5.92 Å². The second-order valence-electron chi connectivity index (χ2n) is 3.07. The smallest absolute Gasteiger partial charge is 0.347 e. The Hall–Kier alpha value is -1.85. The summed E-state index contributed by atoms with van der Waals surface area (Å²) in [6, 6.07) is 0. The van der Waals surface area contributed by atoms with Crippen LogP contribution < -0.4 is 0 Å². The van der Waals surface area contributed by atoms with E-state index in [9.17, 15) is 18.0 Å². The minimum absolute atomic E-state index is 0.0912. The SMILES string of the molecule is C=C(C#CC)C(=O)OCS(=O)(=O)OCOC(=O)CC. The maximum atomic E-state index is 11.2. The van der Waals surface area contributed by atoms with E-state index in [4.69, 9.17) is 0 Å². The minimum atomic E-state index is -4.14. The first-order valence-corrected chi connectivity index (χ1v) is 6.71. The number of ether oxygens (including phenoxy) is 2. The van der Waals surface area contributed by atoms with Gasteiger partial charge in [0.15, 0.2) is 0 Å². The van der Waals surface area contributed by atoms with Crippen LogP contribution in [-0.2, 0) is 33.4 Å². The van der Waals surface area contributed by atoms with Gasteiger partial charge in [0.1, 0.15) is 5.57 Å². The van der Waals surface area contributed by atoms with Crippen molar-refractivity contribution in [2.75, 3.05) is 12.7 Å². The van der Waals surface area contributed by atoms with Crippen molar-refractivity contribution >= 4 is 22.1 Å². The lowest BCUT2D eigenvalue weighted by molar-refractivity contribution is -0.149. The molecule has 0 radical (unpaired) electrons. The quantitative estimate of drug-likeness (QED) is 0.219. The summed E-state index contributed by atoms with van der Waals surface area (Å²) in [4.78, 5) is 21.9. The van der Waals surface area contributed by atoms with Gasteiger partial charge in [-0.2, -0.15) is 8.42 Å². The van der Waals surface area contributed by atoms with Crippen LogP contribution in [0.15, 0.2) is 12.2 Å². The van der Waals surface area contributed by atoms with E-state index in [1.54, 1.807) is 6.92 Å². The molecule has 19 heavy (non-hydrogen) atoms. The molecule has 0 aliphatic heterocycles. The Bertz CT molecular complexity index is 507. The van der Waals surface area contributed by atoms with Crippen LogP contribution in [0.2, 0.25) is 0 Å². The molecule has 0 aliphatic carbocycles. The largest absolute Gasteiger partial charge is 0.443 e. The van der Waals surface area contributed by atoms with Gasteiger partial charge in [0.05, 0.1) is 0 Å². The fraction of sp³-hybridized carbons (Fsp3) is 0.455. The van der Waals surface area contributed by atoms with Gasteiger partial charge in [-0.1, -0.05) is 19.4 Å². The summed E-state index contributed by atoms with van der Waals surface area (Å²) < 4.78 is 35.5. The van der Waals surface area contributed by atoms with E-state index >= 15 is 0 Å². The highest BCUT2D eigenvalue weighted by Gasteiger charge is 2.16. The topological polar surface area (TPSA) is 96.0 Å². The van der Waals surface area contributed by atoms with E-state index in [-0.39, 0.29) is 12.0 Å². The number of carbonyl (C=O) groups is 2. The molecule has 0 bridgehead atoms. The summed E-state index contributed by atoms with van der Waals surface area (Å²) in [6.45, 7) is 5.55. The van der Waals surface area contributed by atoms with Crippen LogP contribution in [0.4, 0.5) is 0 Å². The van der Waals surface area contributed by atoms with Crippen molar-refractivity contribution in [3.63, 3.8) is 0 Å². The predicted octanol–water partition coefficient (Wildman–Crippen LogP) is 0.324. The first kappa shape index (κ1) is 17.2. The Morgan fingerprint density at radius 1 is 1.26 bits per heavy atom. The van der Waals surface area contributed by atoms with E-state index < -0.39 is 34.8 Å². The van der Waals surface area contributed by atoms with Gasteiger partial charge in [-0.25, -0.2) is 8.98 Å². The highest BCUT2D eigenvalue weighted by molar-refractivity contribution is 7.86. The van der Waals surface area contributed by atoms with Crippen molar-refractivity contribution in [1.82, 2.24) is 0 Å². The molecule has 0 spiro atoms. The molecule has 106 valence electrons. The Kier molecular flexibility index (Phi) is 7.48. The Morgan fingerprint density at radius 3 is 2.42 bits per heavy atom. The Balaban J connectivity index is 4.16. The number of esters is 2. The summed E-state index contributed by atoms with van der Waals surface area (Å²) in [6.07, 6.45) is 0.0912. The van der Waals surface area contributed by atoms with Gasteiger partial charge >= 0.3 is 22.1 Å². The summed E-state index contributed by atoms with van der Waals surface area (Å²) in [5.41, 5.74) is -0.171. The van der Waals surface area contributed by atoms with E-state index in [0.29, 0.717) is 0 Å². The second-order valence-corrected chi connectivity index (χ2v) is 4.65. The Labute approximate surface area is 111 Å². The number of carbonyl (C=O) groups excluding carboxylic acids is 2. The molecule has 0 saturated heterocycles. The average molecular weight is 290 g/mol. The van der Waals surface area contributed by atoms with Crippen LogP contribution in [0.25, 0.3) is 0 Å². The van der Waals surface area contributed by atoms with Gasteiger partial charge in [-0.3, -0.25) is 4.79 Å². The van der Waals surface area contributed by atoms with E-state index in [1.807, 2.05) is 0 Å². The van der Waals surface area contributed by atoms with Crippen molar-refractivity contribution in [3.05, 3.63) is 12.2 Å². The highest BCUT2D eigenvalue weighted by atomic mass is 32.2. The lowest BCUT2D eigenvalue weighted by atomic mass is 10.3. The molecule has 0 unspecified atom stereocenters. The highest BCUT2D eigenvalue weighted by Crippen LogP contribution is 1.99. The molecule has 0 aliphatic rings. The lowest BCUT2D eigenvalue weighted by Crippen LogP contribution is -2.19. The third-order valence-corrected chi connectivity index (χ3v) is 2.45. The number of rotatable bonds is 7. The minimum Gasteiger partial charge on any atom is -0.443 e. The van der Waals surface area contributed by atoms with Crippen molar-refractivity contribution < 1.29 is 31.7 Å². The van der Waals surface area contributed by atoms with Gasteiger partial charge in [-0.05, 0) is 6.92 Å². The van der Waals surface area contributed by atoms with Crippen molar-refractivity contribution in [1.29, 1.82) is 0 Å². The van der Waals surface area contributed by atoms with Gasteiger partial charge in [0.2, 0.25) is 12.7 Å². The van der Waals surface area contributed by atoms with Crippen LogP contribution in [0, 0.1) is 11.8 Å². The zero-order valence-electron chi connectivity index (χ0n) is 10.6. The van der Waals surface area contributed by atoms with Crippen LogP contribution in [0.3, 0.4) is 0 Å². The molecule has 7 nitrogen and oxygen atoms in total. The molecule has 0 aromatic carbocycles. The first-order chi connectivity index (χ1) is 8.82.